The summed E-state index contributed by atoms with van der Waals surface area (Å²) in [4.78, 5) is 0. The second kappa shape index (κ2) is 9.52. The van der Waals surface area contributed by atoms with E-state index in [2.05, 4.69) is 12.2 Å². The van der Waals surface area contributed by atoms with Gasteiger partial charge in [0, 0.05) is 0 Å². The molecule has 0 aliphatic heterocycles. The minimum Gasteiger partial charge on any atom is -0.741 e. The van der Waals surface area contributed by atoms with E-state index in [9.17, 15) is 26.3 Å². The fourth-order valence-corrected chi connectivity index (χ4v) is 0.340. The predicted molar refractivity (Wildman–Crippen MR) is 53.1 cm³/mol. The number of rotatable bonds is 0. The van der Waals surface area contributed by atoms with Crippen molar-refractivity contribution in [1.82, 2.24) is 0 Å². The van der Waals surface area contributed by atoms with E-state index in [1.165, 1.54) is 0 Å². The molecule has 0 amide bonds. The molecular formula is C7H5F6FeO6S2. The molecule has 0 saturated carbocycles. The van der Waals surface area contributed by atoms with E-state index in [1.54, 1.807) is 0 Å². The van der Waals surface area contributed by atoms with E-state index in [0.717, 1.165) is 6.42 Å². The van der Waals surface area contributed by atoms with Crippen molar-refractivity contribution in [3.05, 3.63) is 24.3 Å². The fourth-order valence-electron chi connectivity index (χ4n) is 0.340. The number of allylic oxidation sites excluding steroid dienone is 4. The van der Waals surface area contributed by atoms with Crippen LogP contribution in [0.3, 0.4) is 0 Å². The van der Waals surface area contributed by atoms with Crippen molar-refractivity contribution >= 4 is 20.2 Å². The predicted octanol–water partition coefficient (Wildman–Crippen LogP) is 1.41. The third kappa shape index (κ3) is 13.1. The van der Waals surface area contributed by atoms with E-state index >= 15 is 0 Å². The molecule has 0 fully saturated rings. The van der Waals surface area contributed by atoms with Crippen LogP contribution in [0.1, 0.15) is 6.42 Å². The summed E-state index contributed by atoms with van der Waals surface area (Å²) in [5.74, 6) is 0. The van der Waals surface area contributed by atoms with E-state index in [0.29, 0.717) is 0 Å². The van der Waals surface area contributed by atoms with Crippen LogP contribution in [-0.2, 0) is 37.3 Å². The van der Waals surface area contributed by atoms with Crippen molar-refractivity contribution in [1.29, 1.82) is 0 Å². The van der Waals surface area contributed by atoms with Crippen molar-refractivity contribution in [2.75, 3.05) is 0 Å². The summed E-state index contributed by atoms with van der Waals surface area (Å²) >= 11 is 0. The van der Waals surface area contributed by atoms with Crippen molar-refractivity contribution in [2.45, 2.75) is 17.4 Å². The van der Waals surface area contributed by atoms with Crippen LogP contribution in [0.25, 0.3) is 0 Å². The standard InChI is InChI=1S/C5H5.2CHF3O3S.Fe/c1-2-4-5-3-1;2*2-1(3,4)8(5,6)7;/h1-3H,4H2;2*(H,5,6,7);/q-1;;;+3/p-2. The Hall–Kier alpha value is -0.601. The Morgan fingerprint density at radius 2 is 1.14 bits per heavy atom. The molecule has 1 radical (unpaired) electrons. The Kier molecular flexibility index (Phi) is 11.4. The van der Waals surface area contributed by atoms with Crippen LogP contribution in [-0.4, -0.2) is 37.0 Å². The molecule has 6 nitrogen and oxygen atoms in total. The molecule has 0 aromatic carbocycles. The molecule has 0 aromatic heterocycles. The second-order valence-corrected chi connectivity index (χ2v) is 5.55. The Bertz CT molecular complexity index is 522. The molecule has 1 aliphatic carbocycles. The van der Waals surface area contributed by atoms with Gasteiger partial charge >= 0.3 is 28.1 Å². The molecule has 1 aliphatic rings. The van der Waals surface area contributed by atoms with Gasteiger partial charge in [-0.3, -0.25) is 6.08 Å². The van der Waals surface area contributed by atoms with Crippen molar-refractivity contribution < 1.29 is 69.4 Å². The number of alkyl halides is 6. The molecule has 131 valence electrons. The molecule has 0 atom stereocenters. The summed E-state index contributed by atoms with van der Waals surface area (Å²) in [5.41, 5.74) is -11.3. The van der Waals surface area contributed by atoms with E-state index < -0.39 is 31.3 Å². The molecule has 0 N–H and O–H groups in total. The Morgan fingerprint density at radius 3 is 1.18 bits per heavy atom. The molecule has 22 heavy (non-hydrogen) atoms. The normalized spacial score (nSPS) is 14.2. The summed E-state index contributed by atoms with van der Waals surface area (Å²) in [7, 11) is -12.2. The van der Waals surface area contributed by atoms with Crippen LogP contribution in [0.4, 0.5) is 26.3 Å². The zero-order valence-electron chi connectivity index (χ0n) is 9.83. The third-order valence-electron chi connectivity index (χ3n) is 1.15. The van der Waals surface area contributed by atoms with Crippen LogP contribution >= 0.6 is 0 Å². The largest absolute Gasteiger partial charge is 3.00 e. The maximum Gasteiger partial charge on any atom is 3.00 e. The fraction of sp³-hybridized carbons (Fsp3) is 0.429. The zero-order valence-corrected chi connectivity index (χ0v) is 12.6. The molecular weight excluding hydrogens is 414 g/mol. The minimum atomic E-state index is -6.09. The van der Waals surface area contributed by atoms with E-state index in [1.807, 2.05) is 12.2 Å². The van der Waals surface area contributed by atoms with Gasteiger partial charge in [0.25, 0.3) is 0 Å². The SMILES string of the molecule is O=S(=O)([O-])C(F)(F)F.O=S(=O)([O-])C(F)(F)F.[C-]1=CC=CC1.[Fe+3]. The molecule has 1 rings (SSSR count). The van der Waals surface area contributed by atoms with Gasteiger partial charge in [-0.2, -0.15) is 32.4 Å². The molecule has 0 unspecified atom stereocenters. The third-order valence-corrected chi connectivity index (χ3v) is 2.29. The monoisotopic (exact) mass is 419 g/mol. The van der Waals surface area contributed by atoms with Gasteiger partial charge in [0.1, 0.15) is 0 Å². The summed E-state index contributed by atoms with van der Waals surface area (Å²) in [6.07, 6.45) is 10.0. The van der Waals surface area contributed by atoms with E-state index in [-0.39, 0.29) is 17.1 Å². The Labute approximate surface area is 131 Å². The summed E-state index contributed by atoms with van der Waals surface area (Å²) in [5, 5.41) is 0. The smallest absolute Gasteiger partial charge is 0.741 e. The van der Waals surface area contributed by atoms with Crippen LogP contribution in [0, 0.1) is 6.08 Å². The molecule has 0 bridgehead atoms. The van der Waals surface area contributed by atoms with Gasteiger partial charge < -0.3 is 9.11 Å². The van der Waals surface area contributed by atoms with Crippen LogP contribution < -0.4 is 0 Å². The van der Waals surface area contributed by atoms with Gasteiger partial charge in [-0.05, 0) is 0 Å². The van der Waals surface area contributed by atoms with Gasteiger partial charge in [-0.15, -0.1) is 6.42 Å². The van der Waals surface area contributed by atoms with E-state index in [4.69, 9.17) is 25.9 Å². The van der Waals surface area contributed by atoms with Gasteiger partial charge in [-0.1, -0.05) is 0 Å². The Balaban J connectivity index is -0.000000246. The first kappa shape index (κ1) is 26.3. The number of halogens is 6. The average molecular weight is 419 g/mol. The van der Waals surface area contributed by atoms with Gasteiger partial charge in [-0.25, -0.2) is 29.0 Å². The van der Waals surface area contributed by atoms with Gasteiger partial charge in [0.05, 0.1) is 0 Å². The van der Waals surface area contributed by atoms with Crippen LogP contribution in [0.2, 0.25) is 0 Å². The maximum absolute atomic E-state index is 10.7. The first-order valence-electron chi connectivity index (χ1n) is 4.26. The summed E-state index contributed by atoms with van der Waals surface area (Å²) < 4.78 is 118. The van der Waals surface area contributed by atoms with Crippen molar-refractivity contribution in [3.8, 4) is 0 Å². The molecule has 0 spiro atoms. The zero-order chi connectivity index (χ0) is 17.5. The van der Waals surface area contributed by atoms with Crippen molar-refractivity contribution in [2.24, 2.45) is 0 Å². The van der Waals surface area contributed by atoms with Crippen LogP contribution in [0.5, 0.6) is 0 Å². The molecule has 15 heteroatoms. The minimum absolute atomic E-state index is 0. The Morgan fingerprint density at radius 1 is 0.864 bits per heavy atom. The van der Waals surface area contributed by atoms with Crippen LogP contribution in [0.15, 0.2) is 18.2 Å². The molecule has 0 heterocycles. The van der Waals surface area contributed by atoms with Crippen molar-refractivity contribution in [3.63, 3.8) is 0 Å². The first-order chi connectivity index (χ1) is 9.00. The first-order valence-corrected chi connectivity index (χ1v) is 7.08. The summed E-state index contributed by atoms with van der Waals surface area (Å²) in [6.45, 7) is 0. The average Bonchev–Trinajstić information content (AvgIpc) is 2.68. The number of hydrogen-bond donors (Lipinski definition) is 0. The topological polar surface area (TPSA) is 114 Å². The maximum atomic E-state index is 10.7. The van der Waals surface area contributed by atoms with Gasteiger partial charge in [0.2, 0.25) is 0 Å². The van der Waals surface area contributed by atoms with Gasteiger partial charge in [0.15, 0.2) is 20.2 Å². The summed E-state index contributed by atoms with van der Waals surface area (Å²) in [6, 6.07) is 0. The quantitative estimate of drug-likeness (QED) is 0.193. The number of hydrogen-bond acceptors (Lipinski definition) is 6. The second-order valence-electron chi connectivity index (χ2n) is 2.80. The molecule has 0 aromatic rings. The molecule has 0 saturated heterocycles.